The lowest BCUT2D eigenvalue weighted by molar-refractivity contribution is -0.885. The predicted molar refractivity (Wildman–Crippen MR) is 111 cm³/mol. The van der Waals surface area contributed by atoms with E-state index in [4.69, 9.17) is 0 Å². The van der Waals surface area contributed by atoms with Gasteiger partial charge in [-0.15, -0.1) is 11.3 Å². The number of hydrogen-bond acceptors (Lipinski definition) is 4. The van der Waals surface area contributed by atoms with Crippen molar-refractivity contribution in [2.45, 2.75) is 12.3 Å². The lowest BCUT2D eigenvalue weighted by atomic mass is 10.2. The van der Waals surface area contributed by atoms with Crippen molar-refractivity contribution in [3.05, 3.63) is 65.2 Å². The third kappa shape index (κ3) is 5.83. The fraction of sp³-hybridized carbons (Fsp3) is 0.300. The third-order valence-electron chi connectivity index (χ3n) is 3.93. The Kier molecular flexibility index (Phi) is 7.05. The number of rotatable bonds is 9. The molecule has 0 saturated carbocycles. The number of thioether (sulfide) groups is 1. The predicted octanol–water partition coefficient (Wildman–Crippen LogP) is 2.36. The molecule has 3 aromatic rings. The van der Waals surface area contributed by atoms with Gasteiger partial charge in [0.1, 0.15) is 11.6 Å². The van der Waals surface area contributed by atoms with Crippen LogP contribution < -0.4 is 10.2 Å². The van der Waals surface area contributed by atoms with E-state index in [-0.39, 0.29) is 5.91 Å². The number of para-hydroxylation sites is 1. The van der Waals surface area contributed by atoms with E-state index in [0.717, 1.165) is 33.5 Å². The molecule has 1 unspecified atom stereocenters. The maximum atomic E-state index is 12.1. The number of amides is 1. The summed E-state index contributed by atoms with van der Waals surface area (Å²) in [6, 6.07) is 18.6. The topological polar surface area (TPSA) is 46.4 Å². The molecule has 2 aromatic carbocycles. The number of hydrogen-bond donors (Lipinski definition) is 2. The van der Waals surface area contributed by atoms with Gasteiger partial charge in [-0.3, -0.25) is 4.79 Å². The molecule has 0 radical (unpaired) electrons. The normalized spacial score (nSPS) is 12.2. The molecule has 1 atom stereocenters. The van der Waals surface area contributed by atoms with Crippen LogP contribution in [0.2, 0.25) is 0 Å². The molecule has 0 aliphatic heterocycles. The van der Waals surface area contributed by atoms with Crippen molar-refractivity contribution < 1.29 is 9.69 Å². The number of benzene rings is 2. The summed E-state index contributed by atoms with van der Waals surface area (Å²) in [5.41, 5.74) is 2.36. The minimum absolute atomic E-state index is 0.101. The van der Waals surface area contributed by atoms with Gasteiger partial charge >= 0.3 is 0 Å². The Morgan fingerprint density at radius 1 is 1.15 bits per heavy atom. The van der Waals surface area contributed by atoms with Gasteiger partial charge in [-0.25, -0.2) is 4.98 Å². The first-order valence-corrected chi connectivity index (χ1v) is 10.7. The first-order chi connectivity index (χ1) is 12.7. The summed E-state index contributed by atoms with van der Waals surface area (Å²) < 4.78 is 1.20. The Hall–Kier alpha value is -1.89. The van der Waals surface area contributed by atoms with Crippen molar-refractivity contribution in [2.75, 3.05) is 25.9 Å². The fourth-order valence-electron chi connectivity index (χ4n) is 2.68. The average molecular weight is 387 g/mol. The Morgan fingerprint density at radius 2 is 1.92 bits per heavy atom. The molecule has 0 aliphatic rings. The molecule has 2 N–H and O–H groups in total. The van der Waals surface area contributed by atoms with E-state index in [9.17, 15) is 4.79 Å². The molecule has 0 saturated heterocycles. The van der Waals surface area contributed by atoms with Crippen molar-refractivity contribution in [1.29, 1.82) is 0 Å². The van der Waals surface area contributed by atoms with Gasteiger partial charge in [0.05, 0.1) is 17.3 Å². The molecule has 1 aromatic heterocycles. The summed E-state index contributed by atoms with van der Waals surface area (Å²) in [5.74, 6) is 2.01. The summed E-state index contributed by atoms with van der Waals surface area (Å²) in [6.45, 7) is 1.96. The zero-order chi connectivity index (χ0) is 18.2. The molecule has 3 rings (SSSR count). The number of quaternary nitrogens is 1. The van der Waals surface area contributed by atoms with Crippen LogP contribution in [0.3, 0.4) is 0 Å². The van der Waals surface area contributed by atoms with Gasteiger partial charge in [-0.05, 0) is 17.7 Å². The van der Waals surface area contributed by atoms with E-state index in [2.05, 4.69) is 40.6 Å². The third-order valence-corrected chi connectivity index (χ3v) is 6.00. The van der Waals surface area contributed by atoms with E-state index >= 15 is 0 Å². The molecular formula is C20H24N3OS2+. The zero-order valence-electron chi connectivity index (χ0n) is 14.9. The summed E-state index contributed by atoms with van der Waals surface area (Å²) in [5, 5.41) is 4.09. The maximum absolute atomic E-state index is 12.1. The molecule has 0 spiro atoms. The minimum Gasteiger partial charge on any atom is -0.350 e. The van der Waals surface area contributed by atoms with Crippen LogP contribution in [0.15, 0.2) is 54.6 Å². The molecule has 0 bridgehead atoms. The SMILES string of the molecule is C[NH+](CC(=O)NCCSCc1ccccc1)Cc1nc2ccccc2s1. The number of likely N-dealkylation sites (N-methyl/N-ethyl adjacent to an activating group) is 1. The lowest BCUT2D eigenvalue weighted by Crippen LogP contribution is -3.08. The summed E-state index contributed by atoms with van der Waals surface area (Å²) in [4.78, 5) is 17.9. The van der Waals surface area contributed by atoms with E-state index in [1.165, 1.54) is 10.3 Å². The van der Waals surface area contributed by atoms with E-state index in [0.29, 0.717) is 13.1 Å². The summed E-state index contributed by atoms with van der Waals surface area (Å²) >= 11 is 3.55. The van der Waals surface area contributed by atoms with Gasteiger partial charge in [-0.1, -0.05) is 42.5 Å². The van der Waals surface area contributed by atoms with E-state index in [1.807, 2.05) is 43.1 Å². The number of nitrogens with one attached hydrogen (secondary N) is 2. The second-order valence-corrected chi connectivity index (χ2v) is 8.49. The van der Waals surface area contributed by atoms with E-state index < -0.39 is 0 Å². The minimum atomic E-state index is 0.101. The van der Waals surface area contributed by atoms with Crippen molar-refractivity contribution in [3.8, 4) is 0 Å². The first-order valence-electron chi connectivity index (χ1n) is 8.75. The number of fused-ring (bicyclic) bond motifs is 1. The number of carbonyl (C=O) groups excluding carboxylic acids is 1. The highest BCUT2D eigenvalue weighted by atomic mass is 32.2. The van der Waals surface area contributed by atoms with E-state index in [1.54, 1.807) is 11.3 Å². The fourth-order valence-corrected chi connectivity index (χ4v) is 4.58. The van der Waals surface area contributed by atoms with Gasteiger partial charge in [0.2, 0.25) is 0 Å². The first kappa shape index (κ1) is 18.9. The van der Waals surface area contributed by atoms with Crippen LogP contribution in [0.1, 0.15) is 10.6 Å². The van der Waals surface area contributed by atoms with Crippen LogP contribution in [-0.4, -0.2) is 36.8 Å². The van der Waals surface area contributed by atoms with Gasteiger partial charge in [0.25, 0.3) is 5.91 Å². The van der Waals surface area contributed by atoms with Gasteiger partial charge < -0.3 is 10.2 Å². The van der Waals surface area contributed by atoms with Crippen LogP contribution in [0, 0.1) is 0 Å². The van der Waals surface area contributed by atoms with Gasteiger partial charge in [-0.2, -0.15) is 11.8 Å². The lowest BCUT2D eigenvalue weighted by Gasteiger charge is -2.12. The van der Waals surface area contributed by atoms with Gasteiger partial charge in [0, 0.05) is 18.1 Å². The largest absolute Gasteiger partial charge is 0.350 e. The molecule has 0 fully saturated rings. The highest BCUT2D eigenvalue weighted by molar-refractivity contribution is 7.98. The second-order valence-electron chi connectivity index (χ2n) is 6.27. The standard InChI is InChI=1S/C20H23N3OS2/c1-23(14-20-22-17-9-5-6-10-18(17)26-20)13-19(24)21-11-12-25-15-16-7-3-2-4-8-16/h2-10H,11-15H2,1H3,(H,21,24)/p+1. The molecular weight excluding hydrogens is 362 g/mol. The van der Waals surface area contributed by atoms with Crippen LogP contribution in [0.4, 0.5) is 0 Å². The Balaban J connectivity index is 1.33. The highest BCUT2D eigenvalue weighted by Crippen LogP contribution is 2.20. The Labute approximate surface area is 162 Å². The molecule has 26 heavy (non-hydrogen) atoms. The molecule has 4 nitrogen and oxygen atoms in total. The van der Waals surface area contributed by atoms with Crippen LogP contribution >= 0.6 is 23.1 Å². The summed E-state index contributed by atoms with van der Waals surface area (Å²) in [6.07, 6.45) is 0. The smallest absolute Gasteiger partial charge is 0.275 e. The number of carbonyl (C=O) groups is 1. The molecule has 6 heteroatoms. The molecule has 136 valence electrons. The maximum Gasteiger partial charge on any atom is 0.275 e. The van der Waals surface area contributed by atoms with Gasteiger partial charge in [0.15, 0.2) is 6.54 Å². The zero-order valence-corrected chi connectivity index (χ0v) is 16.5. The second kappa shape index (κ2) is 9.71. The van der Waals surface area contributed by atoms with Crippen molar-refractivity contribution in [3.63, 3.8) is 0 Å². The highest BCUT2D eigenvalue weighted by Gasteiger charge is 2.13. The molecule has 1 heterocycles. The van der Waals surface area contributed by atoms with Crippen molar-refractivity contribution >= 4 is 39.2 Å². The number of thiazole rings is 1. The Bertz CT molecular complexity index is 802. The number of nitrogens with zero attached hydrogens (tertiary/aromatic N) is 1. The Morgan fingerprint density at radius 3 is 2.73 bits per heavy atom. The quantitative estimate of drug-likeness (QED) is 0.555. The molecule has 0 aliphatic carbocycles. The summed E-state index contributed by atoms with van der Waals surface area (Å²) in [7, 11) is 2.04. The van der Waals surface area contributed by atoms with Crippen molar-refractivity contribution in [2.24, 2.45) is 0 Å². The molecule has 1 amide bonds. The monoisotopic (exact) mass is 386 g/mol. The van der Waals surface area contributed by atoms with Crippen molar-refractivity contribution in [1.82, 2.24) is 10.3 Å². The van der Waals surface area contributed by atoms with Crippen LogP contribution in [0.25, 0.3) is 10.2 Å². The number of aromatic nitrogens is 1. The van der Waals surface area contributed by atoms with Crippen LogP contribution in [-0.2, 0) is 17.1 Å². The van der Waals surface area contributed by atoms with Crippen LogP contribution in [0.5, 0.6) is 0 Å². The average Bonchev–Trinajstić information content (AvgIpc) is 3.04.